The van der Waals surface area contributed by atoms with Crippen molar-refractivity contribution in [1.82, 2.24) is 15.3 Å². The van der Waals surface area contributed by atoms with Gasteiger partial charge in [-0.3, -0.25) is 4.79 Å². The van der Waals surface area contributed by atoms with Gasteiger partial charge in [0.1, 0.15) is 0 Å². The van der Waals surface area contributed by atoms with Gasteiger partial charge in [-0.25, -0.2) is 4.98 Å². The summed E-state index contributed by atoms with van der Waals surface area (Å²) in [5.41, 5.74) is 1.07. The van der Waals surface area contributed by atoms with E-state index in [1.807, 2.05) is 12.1 Å². The smallest absolute Gasteiger partial charge is 0.251 e. The molecule has 4 nitrogen and oxygen atoms in total. The molecule has 6 heteroatoms. The Balaban J connectivity index is 2.13. The minimum absolute atomic E-state index is 0.139. The monoisotopic (exact) mass is 339 g/mol. The van der Waals surface area contributed by atoms with Crippen molar-refractivity contribution >= 4 is 27.7 Å². The fraction of sp³-hybridized carbons (Fsp3) is 0.231. The number of nitrogens with zero attached hydrogens (tertiary/aromatic N) is 1. The van der Waals surface area contributed by atoms with Crippen molar-refractivity contribution in [2.45, 2.75) is 23.5 Å². The van der Waals surface area contributed by atoms with E-state index in [0.29, 0.717) is 5.16 Å². The van der Waals surface area contributed by atoms with Crippen molar-refractivity contribution in [3.63, 3.8) is 0 Å². The first-order chi connectivity index (χ1) is 9.19. The average molecular weight is 340 g/mol. The molecule has 0 fully saturated rings. The number of rotatable bonds is 5. The fourth-order valence-electron chi connectivity index (χ4n) is 1.51. The van der Waals surface area contributed by atoms with E-state index >= 15 is 0 Å². The standard InChI is InChI=1S/C13H14BrN3OS/c1-2-15-8-9-3-4-10(7-11(9)14)19-13-16-6-5-12(18)17-13/h3-7,15H,2,8H2,1H3,(H,16,17,18). The molecule has 2 aromatic rings. The van der Waals surface area contributed by atoms with Crippen LogP contribution in [-0.2, 0) is 6.54 Å². The third-order valence-corrected chi connectivity index (χ3v) is 4.08. The molecule has 0 amide bonds. The van der Waals surface area contributed by atoms with E-state index in [9.17, 15) is 4.79 Å². The Kier molecular flexibility index (Phi) is 5.18. The highest BCUT2D eigenvalue weighted by molar-refractivity contribution is 9.10. The van der Waals surface area contributed by atoms with Gasteiger partial charge in [0.15, 0.2) is 5.16 Å². The van der Waals surface area contributed by atoms with E-state index in [4.69, 9.17) is 0 Å². The number of aromatic amines is 1. The molecule has 19 heavy (non-hydrogen) atoms. The lowest BCUT2D eigenvalue weighted by molar-refractivity contribution is 0.724. The summed E-state index contributed by atoms with van der Waals surface area (Å²) in [5.74, 6) is 0. The van der Waals surface area contributed by atoms with Crippen molar-refractivity contribution in [2.75, 3.05) is 6.54 Å². The van der Waals surface area contributed by atoms with Crippen molar-refractivity contribution in [3.05, 3.63) is 50.9 Å². The predicted octanol–water partition coefficient (Wildman–Crippen LogP) is 2.79. The molecule has 0 saturated heterocycles. The lowest BCUT2D eigenvalue weighted by Crippen LogP contribution is -2.12. The van der Waals surface area contributed by atoms with Gasteiger partial charge >= 0.3 is 0 Å². The third-order valence-electron chi connectivity index (χ3n) is 2.45. The maximum atomic E-state index is 11.2. The molecule has 0 spiro atoms. The van der Waals surface area contributed by atoms with Gasteiger partial charge < -0.3 is 10.3 Å². The predicted molar refractivity (Wildman–Crippen MR) is 80.5 cm³/mol. The van der Waals surface area contributed by atoms with Crippen LogP contribution in [0.3, 0.4) is 0 Å². The van der Waals surface area contributed by atoms with Crippen LogP contribution in [0.25, 0.3) is 0 Å². The lowest BCUT2D eigenvalue weighted by Gasteiger charge is -2.07. The average Bonchev–Trinajstić information content (AvgIpc) is 2.38. The zero-order valence-corrected chi connectivity index (χ0v) is 12.8. The van der Waals surface area contributed by atoms with Crippen LogP contribution in [0.4, 0.5) is 0 Å². The summed E-state index contributed by atoms with van der Waals surface area (Å²) < 4.78 is 1.05. The van der Waals surface area contributed by atoms with E-state index in [-0.39, 0.29) is 5.56 Å². The molecular formula is C13H14BrN3OS. The number of aromatic nitrogens is 2. The van der Waals surface area contributed by atoms with E-state index < -0.39 is 0 Å². The van der Waals surface area contributed by atoms with Crippen LogP contribution in [0.5, 0.6) is 0 Å². The molecule has 0 unspecified atom stereocenters. The second kappa shape index (κ2) is 6.88. The molecule has 0 radical (unpaired) electrons. The third kappa shape index (κ3) is 4.19. The molecule has 2 rings (SSSR count). The van der Waals surface area contributed by atoms with Crippen LogP contribution in [-0.4, -0.2) is 16.5 Å². The highest BCUT2D eigenvalue weighted by Crippen LogP contribution is 2.28. The molecule has 0 saturated carbocycles. The Morgan fingerprint density at radius 3 is 2.95 bits per heavy atom. The van der Waals surface area contributed by atoms with Gasteiger partial charge in [-0.1, -0.05) is 40.7 Å². The Bertz CT molecular complexity index is 615. The number of benzene rings is 1. The molecule has 0 aliphatic carbocycles. The second-order valence-electron chi connectivity index (χ2n) is 3.87. The summed E-state index contributed by atoms with van der Waals surface area (Å²) in [6, 6.07) is 7.52. The maximum absolute atomic E-state index is 11.2. The van der Waals surface area contributed by atoms with E-state index in [1.54, 1.807) is 0 Å². The first-order valence-electron chi connectivity index (χ1n) is 5.91. The number of halogens is 1. The van der Waals surface area contributed by atoms with Gasteiger partial charge in [0.25, 0.3) is 5.56 Å². The summed E-state index contributed by atoms with van der Waals surface area (Å²) in [4.78, 5) is 19.0. The topological polar surface area (TPSA) is 57.8 Å². The first-order valence-corrected chi connectivity index (χ1v) is 7.52. The molecule has 0 aliphatic heterocycles. The molecule has 1 aromatic carbocycles. The minimum atomic E-state index is -0.139. The normalized spacial score (nSPS) is 10.6. The van der Waals surface area contributed by atoms with Gasteiger partial charge in [0.05, 0.1) is 0 Å². The first kappa shape index (κ1) is 14.3. The molecular weight excluding hydrogens is 326 g/mol. The molecule has 0 aliphatic rings. The van der Waals surface area contributed by atoms with Gasteiger partial charge in [0, 0.05) is 28.2 Å². The highest BCUT2D eigenvalue weighted by atomic mass is 79.9. The summed E-state index contributed by atoms with van der Waals surface area (Å²) in [6.45, 7) is 3.86. The molecule has 0 atom stereocenters. The molecule has 2 N–H and O–H groups in total. The van der Waals surface area contributed by atoms with Crippen LogP contribution >= 0.6 is 27.7 Å². The molecule has 0 bridgehead atoms. The Labute approximate surface area is 124 Å². The van der Waals surface area contributed by atoms with Crippen LogP contribution in [0, 0.1) is 0 Å². The highest BCUT2D eigenvalue weighted by Gasteiger charge is 2.04. The SMILES string of the molecule is CCNCc1ccc(Sc2nccc(=O)[nH]2)cc1Br. The van der Waals surface area contributed by atoms with Crippen molar-refractivity contribution in [3.8, 4) is 0 Å². The summed E-state index contributed by atoms with van der Waals surface area (Å²) >= 11 is 4.99. The number of hydrogen-bond donors (Lipinski definition) is 2. The molecule has 1 aromatic heterocycles. The van der Waals surface area contributed by atoms with Crippen LogP contribution < -0.4 is 10.9 Å². The quantitative estimate of drug-likeness (QED) is 0.822. The zero-order valence-electron chi connectivity index (χ0n) is 10.4. The van der Waals surface area contributed by atoms with Crippen LogP contribution in [0.2, 0.25) is 0 Å². The Morgan fingerprint density at radius 2 is 2.26 bits per heavy atom. The van der Waals surface area contributed by atoms with Gasteiger partial charge in [-0.15, -0.1) is 0 Å². The molecule has 1 heterocycles. The Hall–Kier alpha value is -1.11. The maximum Gasteiger partial charge on any atom is 0.251 e. The number of nitrogens with one attached hydrogen (secondary N) is 2. The van der Waals surface area contributed by atoms with Crippen LogP contribution in [0.15, 0.2) is 49.8 Å². The van der Waals surface area contributed by atoms with Gasteiger partial charge in [-0.2, -0.15) is 0 Å². The minimum Gasteiger partial charge on any atom is -0.313 e. The lowest BCUT2D eigenvalue weighted by atomic mass is 10.2. The number of hydrogen-bond acceptors (Lipinski definition) is 4. The van der Waals surface area contributed by atoms with E-state index in [0.717, 1.165) is 22.5 Å². The fourth-order valence-corrected chi connectivity index (χ4v) is 2.98. The van der Waals surface area contributed by atoms with Gasteiger partial charge in [0.2, 0.25) is 0 Å². The summed E-state index contributed by atoms with van der Waals surface area (Å²) in [7, 11) is 0. The zero-order chi connectivity index (χ0) is 13.7. The van der Waals surface area contributed by atoms with Crippen molar-refractivity contribution in [1.29, 1.82) is 0 Å². The second-order valence-corrected chi connectivity index (χ2v) is 5.79. The van der Waals surface area contributed by atoms with Crippen molar-refractivity contribution < 1.29 is 0 Å². The Morgan fingerprint density at radius 1 is 1.42 bits per heavy atom. The number of H-pyrrole nitrogens is 1. The van der Waals surface area contributed by atoms with Crippen molar-refractivity contribution in [2.24, 2.45) is 0 Å². The summed E-state index contributed by atoms with van der Waals surface area (Å²) in [6.07, 6.45) is 1.51. The summed E-state index contributed by atoms with van der Waals surface area (Å²) in [5, 5.41) is 3.88. The van der Waals surface area contributed by atoms with E-state index in [2.05, 4.69) is 44.2 Å². The van der Waals surface area contributed by atoms with Gasteiger partial charge in [-0.05, 0) is 24.2 Å². The van der Waals surface area contributed by atoms with E-state index in [1.165, 1.54) is 29.6 Å². The van der Waals surface area contributed by atoms with Crippen LogP contribution in [0.1, 0.15) is 12.5 Å². The largest absolute Gasteiger partial charge is 0.313 e. The molecule has 100 valence electrons.